The van der Waals surface area contributed by atoms with Gasteiger partial charge in [0.05, 0.1) is 6.61 Å². The molecule has 0 spiro atoms. The van der Waals surface area contributed by atoms with Crippen molar-refractivity contribution in [2.75, 3.05) is 13.2 Å². The lowest BCUT2D eigenvalue weighted by Crippen LogP contribution is -2.48. The SMILES string of the molecule is C=C(C)C(=O)NC(CC(C)C)C(=O)NCC(=O)OCC. The minimum atomic E-state index is -0.686. The Balaban J connectivity index is 4.52. The van der Waals surface area contributed by atoms with Crippen LogP contribution in [-0.4, -0.2) is 37.0 Å². The van der Waals surface area contributed by atoms with Gasteiger partial charge < -0.3 is 15.4 Å². The first-order chi connectivity index (χ1) is 9.27. The Kier molecular flexibility index (Phi) is 8.27. The van der Waals surface area contributed by atoms with E-state index in [-0.39, 0.29) is 25.0 Å². The van der Waals surface area contributed by atoms with Gasteiger partial charge in [-0.25, -0.2) is 0 Å². The molecule has 0 bridgehead atoms. The van der Waals surface area contributed by atoms with Crippen LogP contribution in [0.5, 0.6) is 0 Å². The zero-order valence-electron chi connectivity index (χ0n) is 12.6. The van der Waals surface area contributed by atoms with E-state index in [4.69, 9.17) is 4.74 Å². The molecule has 0 saturated carbocycles. The van der Waals surface area contributed by atoms with E-state index in [1.54, 1.807) is 13.8 Å². The average Bonchev–Trinajstić information content (AvgIpc) is 2.34. The highest BCUT2D eigenvalue weighted by Crippen LogP contribution is 2.06. The number of hydrogen-bond acceptors (Lipinski definition) is 4. The standard InChI is InChI=1S/C14H24N2O4/c1-6-20-12(17)8-15-14(19)11(7-9(2)3)16-13(18)10(4)5/h9,11H,4,6-8H2,1-3,5H3,(H,15,19)(H,16,18). The summed E-state index contributed by atoms with van der Waals surface area (Å²) >= 11 is 0. The molecule has 2 N–H and O–H groups in total. The third kappa shape index (κ3) is 7.56. The van der Waals surface area contributed by atoms with Crippen LogP contribution in [0.4, 0.5) is 0 Å². The minimum Gasteiger partial charge on any atom is -0.465 e. The fraction of sp³-hybridized carbons (Fsp3) is 0.643. The molecular formula is C14H24N2O4. The van der Waals surface area contributed by atoms with Gasteiger partial charge in [0, 0.05) is 5.57 Å². The fourth-order valence-electron chi connectivity index (χ4n) is 1.48. The van der Waals surface area contributed by atoms with Crippen LogP contribution in [0.25, 0.3) is 0 Å². The Labute approximate surface area is 119 Å². The highest BCUT2D eigenvalue weighted by molar-refractivity contribution is 5.96. The summed E-state index contributed by atoms with van der Waals surface area (Å²) in [5, 5.41) is 5.06. The van der Waals surface area contributed by atoms with Gasteiger partial charge in [-0.15, -0.1) is 0 Å². The molecule has 2 amide bonds. The van der Waals surface area contributed by atoms with Gasteiger partial charge >= 0.3 is 5.97 Å². The molecule has 20 heavy (non-hydrogen) atoms. The normalized spacial score (nSPS) is 11.7. The molecule has 114 valence electrons. The lowest BCUT2D eigenvalue weighted by Gasteiger charge is -2.20. The Hall–Kier alpha value is -1.85. The summed E-state index contributed by atoms with van der Waals surface area (Å²) in [6.07, 6.45) is 0.480. The van der Waals surface area contributed by atoms with Gasteiger partial charge in [-0.2, -0.15) is 0 Å². The Morgan fingerprint density at radius 2 is 1.85 bits per heavy atom. The monoisotopic (exact) mass is 284 g/mol. The van der Waals surface area contributed by atoms with Gasteiger partial charge in [0.15, 0.2) is 0 Å². The average molecular weight is 284 g/mol. The van der Waals surface area contributed by atoms with Crippen molar-refractivity contribution in [2.24, 2.45) is 5.92 Å². The smallest absolute Gasteiger partial charge is 0.325 e. The molecule has 1 unspecified atom stereocenters. The van der Waals surface area contributed by atoms with E-state index < -0.39 is 17.9 Å². The number of nitrogens with one attached hydrogen (secondary N) is 2. The number of carbonyl (C=O) groups excluding carboxylic acids is 3. The highest BCUT2D eigenvalue weighted by atomic mass is 16.5. The first-order valence-electron chi connectivity index (χ1n) is 6.67. The van der Waals surface area contributed by atoms with Gasteiger partial charge in [0.25, 0.3) is 0 Å². The van der Waals surface area contributed by atoms with Crippen molar-refractivity contribution in [3.8, 4) is 0 Å². The van der Waals surface area contributed by atoms with Crippen LogP contribution in [0.2, 0.25) is 0 Å². The van der Waals surface area contributed by atoms with E-state index in [1.165, 1.54) is 0 Å². The molecule has 0 heterocycles. The Bertz CT molecular complexity index is 377. The maximum atomic E-state index is 12.0. The van der Waals surface area contributed by atoms with Gasteiger partial charge in [-0.1, -0.05) is 20.4 Å². The van der Waals surface area contributed by atoms with Crippen LogP contribution in [0.15, 0.2) is 12.2 Å². The molecule has 6 nitrogen and oxygen atoms in total. The molecular weight excluding hydrogens is 260 g/mol. The summed E-state index contributed by atoms with van der Waals surface area (Å²) in [5.74, 6) is -1.06. The molecule has 1 atom stereocenters. The van der Waals surface area contributed by atoms with Crippen molar-refractivity contribution in [1.29, 1.82) is 0 Å². The quantitative estimate of drug-likeness (QED) is 0.509. The highest BCUT2D eigenvalue weighted by Gasteiger charge is 2.22. The molecule has 0 saturated heterocycles. The van der Waals surface area contributed by atoms with Crippen molar-refractivity contribution < 1.29 is 19.1 Å². The summed E-state index contributed by atoms with van der Waals surface area (Å²) < 4.78 is 4.72. The number of ether oxygens (including phenoxy) is 1. The number of carbonyl (C=O) groups is 3. The van der Waals surface area contributed by atoms with E-state index in [9.17, 15) is 14.4 Å². The van der Waals surface area contributed by atoms with Crippen molar-refractivity contribution in [3.05, 3.63) is 12.2 Å². The zero-order chi connectivity index (χ0) is 15.7. The van der Waals surface area contributed by atoms with Gasteiger partial charge in [0.2, 0.25) is 11.8 Å². The van der Waals surface area contributed by atoms with Crippen molar-refractivity contribution >= 4 is 17.8 Å². The Morgan fingerprint density at radius 3 is 2.30 bits per heavy atom. The van der Waals surface area contributed by atoms with E-state index in [2.05, 4.69) is 17.2 Å². The second-order valence-electron chi connectivity index (χ2n) is 4.96. The third-order valence-electron chi connectivity index (χ3n) is 2.43. The maximum absolute atomic E-state index is 12.0. The third-order valence-corrected chi connectivity index (χ3v) is 2.43. The molecule has 6 heteroatoms. The number of hydrogen-bond donors (Lipinski definition) is 2. The summed E-state index contributed by atoms with van der Waals surface area (Å²) in [7, 11) is 0. The lowest BCUT2D eigenvalue weighted by atomic mass is 10.0. The van der Waals surface area contributed by atoms with E-state index in [0.717, 1.165) is 0 Å². The maximum Gasteiger partial charge on any atom is 0.325 e. The second kappa shape index (κ2) is 9.12. The lowest BCUT2D eigenvalue weighted by molar-refractivity contribution is -0.143. The topological polar surface area (TPSA) is 84.5 Å². The van der Waals surface area contributed by atoms with Crippen LogP contribution < -0.4 is 10.6 Å². The summed E-state index contributed by atoms with van der Waals surface area (Å²) in [6, 6.07) is -0.686. The van der Waals surface area contributed by atoms with Gasteiger partial charge in [-0.05, 0) is 26.2 Å². The van der Waals surface area contributed by atoms with Crippen LogP contribution in [0.3, 0.4) is 0 Å². The first-order valence-corrected chi connectivity index (χ1v) is 6.67. The molecule has 0 radical (unpaired) electrons. The first kappa shape index (κ1) is 18.1. The number of rotatable bonds is 8. The summed E-state index contributed by atoms with van der Waals surface area (Å²) in [4.78, 5) is 34.8. The largest absolute Gasteiger partial charge is 0.465 e. The predicted molar refractivity (Wildman–Crippen MR) is 75.8 cm³/mol. The van der Waals surface area contributed by atoms with Gasteiger partial charge in [0.1, 0.15) is 12.6 Å². The summed E-state index contributed by atoms with van der Waals surface area (Å²) in [5.41, 5.74) is 0.331. The van der Waals surface area contributed by atoms with Crippen LogP contribution in [0, 0.1) is 5.92 Å². The van der Waals surface area contributed by atoms with Crippen LogP contribution >= 0.6 is 0 Å². The second-order valence-corrected chi connectivity index (χ2v) is 4.96. The van der Waals surface area contributed by atoms with Crippen LogP contribution in [-0.2, 0) is 19.1 Å². The molecule has 0 aromatic heterocycles. The zero-order valence-corrected chi connectivity index (χ0v) is 12.6. The number of esters is 1. The Morgan fingerprint density at radius 1 is 1.25 bits per heavy atom. The van der Waals surface area contributed by atoms with Gasteiger partial charge in [-0.3, -0.25) is 14.4 Å². The van der Waals surface area contributed by atoms with Crippen molar-refractivity contribution in [2.45, 2.75) is 40.2 Å². The molecule has 0 aliphatic heterocycles. The molecule has 0 fully saturated rings. The van der Waals surface area contributed by atoms with E-state index >= 15 is 0 Å². The fourth-order valence-corrected chi connectivity index (χ4v) is 1.48. The predicted octanol–water partition coefficient (Wildman–Crippen LogP) is 0.773. The molecule has 0 aromatic rings. The molecule has 0 rings (SSSR count). The minimum absolute atomic E-state index is 0.204. The van der Waals surface area contributed by atoms with Crippen LogP contribution in [0.1, 0.15) is 34.1 Å². The summed E-state index contributed by atoms with van der Waals surface area (Å²) in [6.45, 7) is 10.7. The molecule has 0 aliphatic carbocycles. The van der Waals surface area contributed by atoms with Crippen molar-refractivity contribution in [1.82, 2.24) is 10.6 Å². The van der Waals surface area contributed by atoms with Crippen molar-refractivity contribution in [3.63, 3.8) is 0 Å². The molecule has 0 aromatic carbocycles. The molecule has 0 aliphatic rings. The number of amides is 2. The van der Waals surface area contributed by atoms with E-state index in [0.29, 0.717) is 12.0 Å². The van der Waals surface area contributed by atoms with E-state index in [1.807, 2.05) is 13.8 Å².